The second-order valence-electron chi connectivity index (χ2n) is 10.2. The lowest BCUT2D eigenvalue weighted by Crippen LogP contribution is -2.17. The van der Waals surface area contributed by atoms with Crippen LogP contribution in [-0.2, 0) is 17.4 Å². The van der Waals surface area contributed by atoms with E-state index in [9.17, 15) is 5.11 Å². The Hall–Kier alpha value is -1.77. The summed E-state index contributed by atoms with van der Waals surface area (Å²) in [5.74, 6) is 0.426. The molecule has 3 nitrogen and oxygen atoms in total. The van der Waals surface area contributed by atoms with E-state index in [1.165, 1.54) is 38.5 Å². The third-order valence-electron chi connectivity index (χ3n) is 5.40. The minimum Gasteiger partial charge on any atom is -0.507 e. The molecule has 156 valence electrons. The van der Waals surface area contributed by atoms with Gasteiger partial charge in [-0.1, -0.05) is 80.6 Å². The van der Waals surface area contributed by atoms with Crippen molar-refractivity contribution in [1.82, 2.24) is 9.78 Å². The van der Waals surface area contributed by atoms with Crippen LogP contribution in [0.5, 0.6) is 5.75 Å². The molecule has 1 aromatic heterocycles. The number of rotatable bonds is 8. The molecule has 1 heterocycles. The molecule has 0 aliphatic carbocycles. The largest absolute Gasteiger partial charge is 0.507 e. The molecule has 0 amide bonds. The van der Waals surface area contributed by atoms with Gasteiger partial charge in [0.15, 0.2) is 0 Å². The molecule has 28 heavy (non-hydrogen) atoms. The van der Waals surface area contributed by atoms with Gasteiger partial charge in [-0.2, -0.15) is 5.10 Å². The molecule has 0 aliphatic rings. The zero-order valence-corrected chi connectivity index (χ0v) is 19.1. The molecule has 0 atom stereocenters. The molecule has 0 saturated heterocycles. The van der Waals surface area contributed by atoms with Crippen LogP contribution in [0.3, 0.4) is 0 Å². The average molecular weight is 385 g/mol. The van der Waals surface area contributed by atoms with E-state index in [0.29, 0.717) is 5.75 Å². The van der Waals surface area contributed by atoms with Crippen molar-refractivity contribution in [2.24, 2.45) is 0 Å². The second kappa shape index (κ2) is 9.15. The monoisotopic (exact) mass is 384 g/mol. The van der Waals surface area contributed by atoms with Crippen molar-refractivity contribution in [2.45, 2.75) is 104 Å². The Morgan fingerprint density at radius 3 is 1.93 bits per heavy atom. The predicted molar refractivity (Wildman–Crippen MR) is 120 cm³/mol. The lowest BCUT2D eigenvalue weighted by molar-refractivity contribution is 0.423. The molecule has 0 saturated carbocycles. The number of phenolic OH excluding ortho intramolecular Hbond substituents is 1. The van der Waals surface area contributed by atoms with Crippen molar-refractivity contribution in [3.63, 3.8) is 0 Å². The van der Waals surface area contributed by atoms with E-state index in [2.05, 4.69) is 77.5 Å². The summed E-state index contributed by atoms with van der Waals surface area (Å²) in [5, 5.41) is 15.7. The topological polar surface area (TPSA) is 38.0 Å². The van der Waals surface area contributed by atoms with Crippen molar-refractivity contribution in [2.75, 3.05) is 0 Å². The summed E-state index contributed by atoms with van der Waals surface area (Å²) in [4.78, 5) is 0. The maximum absolute atomic E-state index is 10.9. The number of hydrogen-bond acceptors (Lipinski definition) is 2. The van der Waals surface area contributed by atoms with Crippen LogP contribution >= 0.6 is 0 Å². The summed E-state index contributed by atoms with van der Waals surface area (Å²) in [6.07, 6.45) is 9.85. The molecule has 2 aromatic rings. The van der Waals surface area contributed by atoms with Crippen LogP contribution in [0.1, 0.15) is 98.1 Å². The zero-order valence-electron chi connectivity index (χ0n) is 19.1. The third kappa shape index (κ3) is 5.86. The van der Waals surface area contributed by atoms with Gasteiger partial charge in [0, 0.05) is 29.4 Å². The molecule has 2 rings (SSSR count). The lowest BCUT2D eigenvalue weighted by Gasteiger charge is -2.28. The second-order valence-corrected chi connectivity index (χ2v) is 10.2. The fourth-order valence-corrected chi connectivity index (χ4v) is 3.62. The van der Waals surface area contributed by atoms with E-state index < -0.39 is 0 Å². The minimum absolute atomic E-state index is 0.124. The Labute approximate surface area is 172 Å². The van der Waals surface area contributed by atoms with Crippen molar-refractivity contribution >= 4 is 0 Å². The fraction of sp³-hybridized carbons (Fsp3) is 0.640. The van der Waals surface area contributed by atoms with Crippen molar-refractivity contribution in [3.8, 4) is 17.0 Å². The van der Waals surface area contributed by atoms with Crippen LogP contribution in [-0.4, -0.2) is 14.9 Å². The number of benzene rings is 1. The highest BCUT2D eigenvalue weighted by molar-refractivity contribution is 5.66. The van der Waals surface area contributed by atoms with Crippen molar-refractivity contribution in [3.05, 3.63) is 35.5 Å². The maximum Gasteiger partial charge on any atom is 0.123 e. The highest BCUT2D eigenvalue weighted by Gasteiger charge is 2.27. The molecule has 0 spiro atoms. The standard InChI is InChI=1S/C25H40N2O/c1-8-9-10-11-12-13-15-27-16-14-22(26-27)19-17-20(24(2,3)4)23(28)21(18-19)25(5,6)7/h14,16-18,28H,8-13,15H2,1-7H3. The van der Waals surface area contributed by atoms with E-state index in [-0.39, 0.29) is 10.8 Å². The van der Waals surface area contributed by atoms with E-state index >= 15 is 0 Å². The molecule has 0 fully saturated rings. The number of aromatic hydroxyl groups is 1. The highest BCUT2D eigenvalue weighted by Crippen LogP contribution is 2.41. The molecular weight excluding hydrogens is 344 g/mol. The van der Waals surface area contributed by atoms with E-state index in [4.69, 9.17) is 5.10 Å². The number of unbranched alkanes of at least 4 members (excludes halogenated alkanes) is 5. The minimum atomic E-state index is -0.124. The smallest absolute Gasteiger partial charge is 0.123 e. The molecule has 0 bridgehead atoms. The number of hydrogen-bond donors (Lipinski definition) is 1. The number of aryl methyl sites for hydroxylation is 1. The Balaban J connectivity index is 2.22. The normalized spacial score (nSPS) is 12.5. The van der Waals surface area contributed by atoms with E-state index in [0.717, 1.165) is 28.9 Å². The van der Waals surface area contributed by atoms with E-state index in [1.807, 2.05) is 0 Å². The Kier molecular flexibility index (Phi) is 7.36. The first-order valence-corrected chi connectivity index (χ1v) is 11.0. The molecule has 0 unspecified atom stereocenters. The van der Waals surface area contributed by atoms with Crippen molar-refractivity contribution in [1.29, 1.82) is 0 Å². The van der Waals surface area contributed by atoms with Crippen molar-refractivity contribution < 1.29 is 5.11 Å². The summed E-state index contributed by atoms with van der Waals surface area (Å²) in [7, 11) is 0. The Bertz CT molecular complexity index is 725. The molecule has 0 radical (unpaired) electrons. The van der Waals surface area contributed by atoms with Crippen LogP contribution in [0.25, 0.3) is 11.3 Å². The molecular formula is C25H40N2O. The number of aromatic nitrogens is 2. The quantitative estimate of drug-likeness (QED) is 0.488. The Morgan fingerprint density at radius 2 is 1.39 bits per heavy atom. The first-order chi connectivity index (χ1) is 13.0. The van der Waals surface area contributed by atoms with Gasteiger partial charge in [-0.3, -0.25) is 4.68 Å². The number of nitrogens with zero attached hydrogens (tertiary/aromatic N) is 2. The van der Waals surface area contributed by atoms with E-state index in [1.54, 1.807) is 0 Å². The predicted octanol–water partition coefficient (Wildman–Crippen LogP) is 7.21. The third-order valence-corrected chi connectivity index (χ3v) is 5.40. The zero-order chi connectivity index (χ0) is 20.9. The van der Waals surface area contributed by atoms with Gasteiger partial charge in [-0.05, 0) is 35.4 Å². The van der Waals surface area contributed by atoms with Gasteiger partial charge in [0.1, 0.15) is 5.75 Å². The lowest BCUT2D eigenvalue weighted by atomic mass is 9.78. The first kappa shape index (κ1) is 22.5. The molecule has 3 heteroatoms. The maximum atomic E-state index is 10.9. The molecule has 1 N–H and O–H groups in total. The summed E-state index contributed by atoms with van der Waals surface area (Å²) >= 11 is 0. The summed E-state index contributed by atoms with van der Waals surface area (Å²) < 4.78 is 2.07. The Morgan fingerprint density at radius 1 is 0.857 bits per heavy atom. The highest BCUT2D eigenvalue weighted by atomic mass is 16.3. The summed E-state index contributed by atoms with van der Waals surface area (Å²) in [5.41, 5.74) is 3.81. The van der Waals surface area contributed by atoms with Gasteiger partial charge >= 0.3 is 0 Å². The molecule has 1 aromatic carbocycles. The summed E-state index contributed by atoms with van der Waals surface area (Å²) in [6, 6.07) is 6.33. The van der Waals surface area contributed by atoms with Crippen LogP contribution in [0.15, 0.2) is 24.4 Å². The van der Waals surface area contributed by atoms with Gasteiger partial charge in [-0.15, -0.1) is 0 Å². The SMILES string of the molecule is CCCCCCCCn1ccc(-c2cc(C(C)(C)C)c(O)c(C(C)(C)C)c2)n1. The van der Waals surface area contributed by atoms with Gasteiger partial charge in [0.05, 0.1) is 5.69 Å². The first-order valence-electron chi connectivity index (χ1n) is 11.0. The van der Waals surface area contributed by atoms with Crippen LogP contribution < -0.4 is 0 Å². The fourth-order valence-electron chi connectivity index (χ4n) is 3.62. The average Bonchev–Trinajstić information content (AvgIpc) is 3.05. The molecule has 0 aliphatic heterocycles. The van der Waals surface area contributed by atoms with Crippen LogP contribution in [0.2, 0.25) is 0 Å². The van der Waals surface area contributed by atoms with Gasteiger partial charge in [-0.25, -0.2) is 0 Å². The van der Waals surface area contributed by atoms with Gasteiger partial charge in [0.25, 0.3) is 0 Å². The van der Waals surface area contributed by atoms with Gasteiger partial charge < -0.3 is 5.11 Å². The van der Waals surface area contributed by atoms with Gasteiger partial charge in [0.2, 0.25) is 0 Å². The van der Waals surface area contributed by atoms with Crippen LogP contribution in [0.4, 0.5) is 0 Å². The number of phenols is 1. The van der Waals surface area contributed by atoms with Crippen LogP contribution in [0, 0.1) is 0 Å². The summed E-state index contributed by atoms with van der Waals surface area (Å²) in [6.45, 7) is 16.1.